The van der Waals surface area contributed by atoms with Crippen LogP contribution in [0.2, 0.25) is 0 Å². The van der Waals surface area contributed by atoms with E-state index in [2.05, 4.69) is 53.0 Å². The molecule has 0 saturated carbocycles. The van der Waals surface area contributed by atoms with Crippen molar-refractivity contribution < 1.29 is 0 Å². The van der Waals surface area contributed by atoms with Crippen LogP contribution in [0.25, 0.3) is 0 Å². The Kier molecular flexibility index (Phi) is 2.55. The summed E-state index contributed by atoms with van der Waals surface area (Å²) in [6.07, 6.45) is 1.13. The zero-order chi connectivity index (χ0) is 12.8. The number of benzene rings is 1. The molecule has 1 spiro atoms. The molecule has 1 aromatic rings. The molecule has 0 radical (unpaired) electrons. The molecule has 0 bridgehead atoms. The lowest BCUT2D eigenvalue weighted by atomic mass is 9.96. The van der Waals surface area contributed by atoms with Gasteiger partial charge < -0.3 is 15.5 Å². The van der Waals surface area contributed by atoms with E-state index < -0.39 is 0 Å². The summed E-state index contributed by atoms with van der Waals surface area (Å²) in [6.45, 7) is 5.10. The molecule has 1 unspecified atom stereocenters. The van der Waals surface area contributed by atoms with Crippen LogP contribution in [0.15, 0.2) is 29.3 Å². The number of para-hydroxylation sites is 1. The van der Waals surface area contributed by atoms with Crippen LogP contribution in [0.1, 0.15) is 12.0 Å². The number of likely N-dealkylation sites (tertiary alicyclic amines) is 1. The Balaban J connectivity index is 2.03. The van der Waals surface area contributed by atoms with Crippen molar-refractivity contribution in [1.82, 2.24) is 4.90 Å². The lowest BCUT2D eigenvalue weighted by Gasteiger charge is -2.36. The summed E-state index contributed by atoms with van der Waals surface area (Å²) in [5.74, 6) is 0.666. The third kappa shape index (κ3) is 1.60. The van der Waals surface area contributed by atoms with Crippen molar-refractivity contribution in [2.45, 2.75) is 18.9 Å². The molecule has 0 aromatic heterocycles. The Bertz CT molecular complexity index is 496. The quantitative estimate of drug-likeness (QED) is 0.807. The minimum atomic E-state index is 0.0744. The van der Waals surface area contributed by atoms with Gasteiger partial charge in [-0.05, 0) is 32.0 Å². The van der Waals surface area contributed by atoms with Gasteiger partial charge in [0.15, 0.2) is 5.96 Å². The molecule has 1 fully saturated rings. The van der Waals surface area contributed by atoms with Crippen molar-refractivity contribution in [2.24, 2.45) is 10.7 Å². The Morgan fingerprint density at radius 3 is 2.78 bits per heavy atom. The number of guanidine groups is 1. The van der Waals surface area contributed by atoms with Crippen LogP contribution in [0.3, 0.4) is 0 Å². The topological polar surface area (TPSA) is 44.9 Å². The zero-order valence-electron chi connectivity index (χ0n) is 11.1. The number of likely N-dealkylation sites (N-methyl/N-ethyl adjacent to an activating group) is 1. The van der Waals surface area contributed by atoms with Gasteiger partial charge in [0.2, 0.25) is 0 Å². The van der Waals surface area contributed by atoms with Crippen LogP contribution in [0.4, 0.5) is 5.69 Å². The van der Waals surface area contributed by atoms with Gasteiger partial charge in [-0.2, -0.15) is 0 Å². The van der Waals surface area contributed by atoms with Crippen molar-refractivity contribution >= 4 is 11.6 Å². The first-order chi connectivity index (χ1) is 8.62. The number of nitrogens with zero attached hydrogens (tertiary/aromatic N) is 3. The molecule has 1 saturated heterocycles. The molecule has 4 nitrogen and oxygen atoms in total. The minimum Gasteiger partial charge on any atom is -0.369 e. The first kappa shape index (κ1) is 11.5. The van der Waals surface area contributed by atoms with Gasteiger partial charge in [-0.3, -0.25) is 4.99 Å². The summed E-state index contributed by atoms with van der Waals surface area (Å²) in [7, 11) is 2.17. The van der Waals surface area contributed by atoms with Crippen LogP contribution in [0, 0.1) is 6.92 Å². The number of nitrogens with two attached hydrogens (primary N) is 1. The van der Waals surface area contributed by atoms with Gasteiger partial charge in [0.05, 0.1) is 12.1 Å². The highest BCUT2D eigenvalue weighted by Gasteiger charge is 2.47. The van der Waals surface area contributed by atoms with E-state index in [1.807, 2.05) is 0 Å². The van der Waals surface area contributed by atoms with Crippen molar-refractivity contribution in [2.75, 3.05) is 31.6 Å². The minimum absolute atomic E-state index is 0.0744. The summed E-state index contributed by atoms with van der Waals surface area (Å²) in [4.78, 5) is 9.11. The third-order valence-corrected chi connectivity index (χ3v) is 4.12. The average Bonchev–Trinajstić information content (AvgIpc) is 2.86. The molecule has 3 rings (SSSR count). The summed E-state index contributed by atoms with van der Waals surface area (Å²) in [5.41, 5.74) is 8.67. The first-order valence-electron chi connectivity index (χ1n) is 6.47. The fourth-order valence-electron chi connectivity index (χ4n) is 3.18. The van der Waals surface area contributed by atoms with Gasteiger partial charge in [-0.1, -0.05) is 18.2 Å². The smallest absolute Gasteiger partial charge is 0.196 e. The molecule has 4 heteroatoms. The molecule has 1 aromatic carbocycles. The largest absolute Gasteiger partial charge is 0.369 e. The maximum Gasteiger partial charge on any atom is 0.196 e. The van der Waals surface area contributed by atoms with Crippen molar-refractivity contribution in [3.05, 3.63) is 29.8 Å². The fourth-order valence-corrected chi connectivity index (χ4v) is 3.18. The van der Waals surface area contributed by atoms with Crippen LogP contribution in [0.5, 0.6) is 0 Å². The maximum atomic E-state index is 6.14. The zero-order valence-corrected chi connectivity index (χ0v) is 11.1. The van der Waals surface area contributed by atoms with Gasteiger partial charge in [-0.15, -0.1) is 0 Å². The molecule has 2 heterocycles. The number of hydrogen-bond donors (Lipinski definition) is 1. The summed E-state index contributed by atoms with van der Waals surface area (Å²) >= 11 is 0. The second-order valence-corrected chi connectivity index (χ2v) is 5.51. The molecule has 1 atom stereocenters. The molecule has 0 aliphatic carbocycles. The molecule has 2 N–H and O–H groups in total. The van der Waals surface area contributed by atoms with Gasteiger partial charge in [0.1, 0.15) is 0 Å². The number of aryl methyl sites for hydroxylation is 1. The normalized spacial score (nSPS) is 28.1. The van der Waals surface area contributed by atoms with Gasteiger partial charge in [0.25, 0.3) is 0 Å². The van der Waals surface area contributed by atoms with Crippen molar-refractivity contribution in [3.63, 3.8) is 0 Å². The molecular formula is C14H20N4. The number of aliphatic imine (C=N–C) groups is 1. The van der Waals surface area contributed by atoms with E-state index in [0.717, 1.165) is 26.1 Å². The van der Waals surface area contributed by atoms with E-state index in [0.29, 0.717) is 5.96 Å². The molecule has 2 aliphatic heterocycles. The van der Waals surface area contributed by atoms with E-state index >= 15 is 0 Å². The van der Waals surface area contributed by atoms with Crippen LogP contribution in [-0.4, -0.2) is 43.1 Å². The lowest BCUT2D eigenvalue weighted by Crippen LogP contribution is -2.53. The fraction of sp³-hybridized carbons (Fsp3) is 0.500. The summed E-state index contributed by atoms with van der Waals surface area (Å²) in [6, 6.07) is 8.41. The van der Waals surface area contributed by atoms with E-state index in [1.165, 1.54) is 11.3 Å². The van der Waals surface area contributed by atoms with Crippen molar-refractivity contribution in [3.8, 4) is 0 Å². The molecular weight excluding hydrogens is 224 g/mol. The SMILES string of the molecule is Cc1ccccc1N1C(N)=NCC12CCN(C)C2. The predicted molar refractivity (Wildman–Crippen MR) is 75.0 cm³/mol. The second kappa shape index (κ2) is 3.99. The maximum absolute atomic E-state index is 6.14. The van der Waals surface area contributed by atoms with E-state index in [9.17, 15) is 0 Å². The number of rotatable bonds is 1. The highest BCUT2D eigenvalue weighted by atomic mass is 15.4. The van der Waals surface area contributed by atoms with Gasteiger partial charge in [0, 0.05) is 18.8 Å². The van der Waals surface area contributed by atoms with E-state index in [4.69, 9.17) is 5.73 Å². The standard InChI is InChI=1S/C14H20N4/c1-11-5-3-4-6-12(11)18-13(15)16-9-14(18)7-8-17(2)10-14/h3-6H,7-10H2,1-2H3,(H2,15,16). The molecule has 2 aliphatic rings. The monoisotopic (exact) mass is 244 g/mol. The third-order valence-electron chi connectivity index (χ3n) is 4.12. The predicted octanol–water partition coefficient (Wildman–Crippen LogP) is 1.20. The Morgan fingerprint density at radius 1 is 1.33 bits per heavy atom. The molecule has 18 heavy (non-hydrogen) atoms. The summed E-state index contributed by atoms with van der Waals surface area (Å²) in [5, 5.41) is 0. The van der Waals surface area contributed by atoms with Crippen LogP contribution in [-0.2, 0) is 0 Å². The first-order valence-corrected chi connectivity index (χ1v) is 6.47. The Labute approximate surface area is 108 Å². The Morgan fingerprint density at radius 2 is 2.11 bits per heavy atom. The molecule has 0 amide bonds. The second-order valence-electron chi connectivity index (χ2n) is 5.51. The Hall–Kier alpha value is -1.55. The number of hydrogen-bond acceptors (Lipinski definition) is 4. The van der Waals surface area contributed by atoms with Crippen LogP contribution < -0.4 is 10.6 Å². The molecule has 96 valence electrons. The summed E-state index contributed by atoms with van der Waals surface area (Å²) < 4.78 is 0. The van der Waals surface area contributed by atoms with Gasteiger partial charge >= 0.3 is 0 Å². The van der Waals surface area contributed by atoms with E-state index in [1.54, 1.807) is 0 Å². The van der Waals surface area contributed by atoms with Gasteiger partial charge in [-0.25, -0.2) is 0 Å². The van der Waals surface area contributed by atoms with E-state index in [-0.39, 0.29) is 5.54 Å². The lowest BCUT2D eigenvalue weighted by molar-refractivity contribution is 0.379. The number of anilines is 1. The highest BCUT2D eigenvalue weighted by Crippen LogP contribution is 2.36. The average molecular weight is 244 g/mol. The highest BCUT2D eigenvalue weighted by molar-refractivity contribution is 5.99. The van der Waals surface area contributed by atoms with Crippen molar-refractivity contribution in [1.29, 1.82) is 0 Å². The van der Waals surface area contributed by atoms with Crippen LogP contribution >= 0.6 is 0 Å².